The third-order valence-corrected chi connectivity index (χ3v) is 9.58. The van der Waals surface area contributed by atoms with E-state index in [9.17, 15) is 34.2 Å². The average molecular weight is 661 g/mol. The zero-order valence-corrected chi connectivity index (χ0v) is 28.2. The SMILES string of the molecule is C=CC1=C(C)C(=O)N/C1=C\c1[nH]c(Cc2[nH]c(/C=C3\NC(=O)C([C@@H](C)SC(C)=O)=C3C)c(C)c2CCC(=O)O)c(CCC(=O)O)c1C. The van der Waals surface area contributed by atoms with E-state index in [2.05, 4.69) is 27.2 Å². The fourth-order valence-electron chi connectivity index (χ4n) is 6.16. The van der Waals surface area contributed by atoms with Gasteiger partial charge in [-0.25, -0.2) is 0 Å². The van der Waals surface area contributed by atoms with Gasteiger partial charge < -0.3 is 30.8 Å². The molecule has 0 radical (unpaired) electrons. The van der Waals surface area contributed by atoms with Crippen LogP contribution in [0, 0.1) is 13.8 Å². The van der Waals surface area contributed by atoms with Crippen molar-refractivity contribution in [2.24, 2.45) is 0 Å². The lowest BCUT2D eigenvalue weighted by atomic mass is 9.98. The molecule has 2 aromatic heterocycles. The molecule has 2 aromatic rings. The van der Waals surface area contributed by atoms with Crippen LogP contribution >= 0.6 is 11.8 Å². The fraction of sp³-hybridized carbons (Fsp3) is 0.343. The minimum Gasteiger partial charge on any atom is -0.481 e. The molecule has 47 heavy (non-hydrogen) atoms. The van der Waals surface area contributed by atoms with Crippen molar-refractivity contribution in [2.45, 2.75) is 78.9 Å². The molecule has 248 valence electrons. The molecule has 0 fully saturated rings. The molecule has 0 spiro atoms. The maximum Gasteiger partial charge on any atom is 0.303 e. The van der Waals surface area contributed by atoms with Gasteiger partial charge in [0.2, 0.25) is 0 Å². The summed E-state index contributed by atoms with van der Waals surface area (Å²) in [5, 5.41) is 24.3. The second-order valence-electron chi connectivity index (χ2n) is 11.8. The van der Waals surface area contributed by atoms with Crippen LogP contribution in [0.5, 0.6) is 0 Å². The number of amides is 2. The van der Waals surface area contributed by atoms with Crippen molar-refractivity contribution < 1.29 is 34.2 Å². The number of nitrogens with one attached hydrogen (secondary N) is 4. The molecule has 0 aliphatic carbocycles. The molecule has 12 heteroatoms. The topological polar surface area (TPSA) is 181 Å². The standard InChI is InChI=1S/C35H40N4O7S/c1-8-22-18(4)34(45)39-28(22)14-26-17(3)24(10-12-32(43)44)30(37-26)15-29-23(9-11-31(41)42)16(2)25(36-29)13-27-19(5)33(35(46)38-27)20(6)47-21(7)40/h8,13-14,20,36-37H,1,9-12,15H2,2-7H3,(H,38,46)(H,39,45)(H,41,42)(H,43,44)/b27-13-,28-14-/t20-/m1/s1. The first-order valence-electron chi connectivity index (χ1n) is 15.2. The Morgan fingerprint density at radius 1 is 0.809 bits per heavy atom. The van der Waals surface area contributed by atoms with Gasteiger partial charge in [-0.15, -0.1) is 0 Å². The van der Waals surface area contributed by atoms with E-state index < -0.39 is 11.9 Å². The van der Waals surface area contributed by atoms with Crippen molar-refractivity contribution >= 4 is 52.8 Å². The van der Waals surface area contributed by atoms with Crippen molar-refractivity contribution in [3.05, 3.63) is 91.4 Å². The summed E-state index contributed by atoms with van der Waals surface area (Å²) in [6.45, 7) is 14.4. The van der Waals surface area contributed by atoms with Crippen LogP contribution in [0.15, 0.2) is 46.3 Å². The van der Waals surface area contributed by atoms with E-state index in [1.807, 2.05) is 39.8 Å². The van der Waals surface area contributed by atoms with E-state index in [4.69, 9.17) is 0 Å². The van der Waals surface area contributed by atoms with Gasteiger partial charge >= 0.3 is 11.9 Å². The first-order chi connectivity index (χ1) is 22.1. The Labute approximate surface area is 277 Å². The third kappa shape index (κ3) is 7.60. The van der Waals surface area contributed by atoms with Gasteiger partial charge in [0, 0.05) is 76.6 Å². The Morgan fingerprint density at radius 2 is 1.30 bits per heavy atom. The minimum absolute atomic E-state index is 0.0849. The molecule has 0 saturated heterocycles. The monoisotopic (exact) mass is 660 g/mol. The molecule has 4 rings (SSSR count). The van der Waals surface area contributed by atoms with Crippen molar-refractivity contribution in [1.82, 2.24) is 20.6 Å². The van der Waals surface area contributed by atoms with Crippen LogP contribution < -0.4 is 10.6 Å². The van der Waals surface area contributed by atoms with Gasteiger partial charge in [0.25, 0.3) is 11.8 Å². The van der Waals surface area contributed by atoms with Crippen LogP contribution in [-0.4, -0.2) is 54.3 Å². The van der Waals surface area contributed by atoms with Crippen molar-refractivity contribution in [1.29, 1.82) is 0 Å². The lowest BCUT2D eigenvalue weighted by Gasteiger charge is -2.08. The van der Waals surface area contributed by atoms with Crippen molar-refractivity contribution in [2.75, 3.05) is 0 Å². The highest BCUT2D eigenvalue weighted by Crippen LogP contribution is 2.33. The molecule has 0 bridgehead atoms. The maximum atomic E-state index is 12.9. The number of hydrogen-bond donors (Lipinski definition) is 6. The van der Waals surface area contributed by atoms with Crippen LogP contribution in [0.25, 0.3) is 12.2 Å². The zero-order valence-electron chi connectivity index (χ0n) is 27.4. The molecule has 0 saturated carbocycles. The highest BCUT2D eigenvalue weighted by molar-refractivity contribution is 8.14. The number of carbonyl (C=O) groups excluding carboxylic acids is 3. The number of thioether (sulfide) groups is 1. The normalized spacial score (nSPS) is 17.1. The Kier molecular flexibility index (Phi) is 10.6. The van der Waals surface area contributed by atoms with Crippen LogP contribution in [0.2, 0.25) is 0 Å². The van der Waals surface area contributed by atoms with Crippen LogP contribution in [-0.2, 0) is 43.2 Å². The smallest absolute Gasteiger partial charge is 0.303 e. The molecular formula is C35H40N4O7S. The summed E-state index contributed by atoms with van der Waals surface area (Å²) in [4.78, 5) is 67.0. The van der Waals surface area contributed by atoms with Gasteiger partial charge in [-0.2, -0.15) is 0 Å². The fourth-order valence-corrected chi connectivity index (χ4v) is 7.06. The molecule has 11 nitrogen and oxygen atoms in total. The summed E-state index contributed by atoms with van der Waals surface area (Å²) in [7, 11) is 0. The van der Waals surface area contributed by atoms with Crippen molar-refractivity contribution in [3.63, 3.8) is 0 Å². The van der Waals surface area contributed by atoms with E-state index in [1.165, 1.54) is 6.92 Å². The predicted octanol–water partition coefficient (Wildman–Crippen LogP) is 5.01. The van der Waals surface area contributed by atoms with Crippen molar-refractivity contribution in [3.8, 4) is 0 Å². The highest BCUT2D eigenvalue weighted by atomic mass is 32.2. The molecule has 4 heterocycles. The van der Waals surface area contributed by atoms with E-state index in [1.54, 1.807) is 13.0 Å². The summed E-state index contributed by atoms with van der Waals surface area (Å²) >= 11 is 1.09. The van der Waals surface area contributed by atoms with Gasteiger partial charge in [-0.3, -0.25) is 24.0 Å². The number of rotatable bonds is 13. The van der Waals surface area contributed by atoms with Crippen LogP contribution in [0.4, 0.5) is 0 Å². The molecule has 6 N–H and O–H groups in total. The minimum atomic E-state index is -0.938. The number of aliphatic carboxylic acids is 2. The largest absolute Gasteiger partial charge is 0.481 e. The van der Waals surface area contributed by atoms with E-state index in [0.717, 1.165) is 51.0 Å². The van der Waals surface area contributed by atoms with Gasteiger partial charge in [-0.05, 0) is 87.4 Å². The maximum absolute atomic E-state index is 12.9. The lowest BCUT2D eigenvalue weighted by molar-refractivity contribution is -0.138. The summed E-state index contributed by atoms with van der Waals surface area (Å²) in [6.07, 6.45) is 5.93. The molecule has 2 aliphatic heterocycles. The van der Waals surface area contributed by atoms with E-state index >= 15 is 0 Å². The Bertz CT molecular complexity index is 1830. The average Bonchev–Trinajstić information content (AvgIpc) is 3.63. The van der Waals surface area contributed by atoms with E-state index in [-0.39, 0.29) is 47.9 Å². The van der Waals surface area contributed by atoms with Gasteiger partial charge in [0.15, 0.2) is 5.12 Å². The molecule has 2 amide bonds. The predicted molar refractivity (Wildman–Crippen MR) is 181 cm³/mol. The zero-order chi connectivity index (χ0) is 34.7. The van der Waals surface area contributed by atoms with Crippen LogP contribution in [0.3, 0.4) is 0 Å². The third-order valence-electron chi connectivity index (χ3n) is 8.66. The number of carboxylic acid groups (broad SMARTS) is 2. The summed E-state index contributed by atoms with van der Waals surface area (Å²) in [5.74, 6) is -2.35. The number of carboxylic acids is 2. The molecular weight excluding hydrogens is 620 g/mol. The second-order valence-corrected chi connectivity index (χ2v) is 13.3. The highest BCUT2D eigenvalue weighted by Gasteiger charge is 2.30. The number of carbonyl (C=O) groups is 5. The van der Waals surface area contributed by atoms with Gasteiger partial charge in [-0.1, -0.05) is 24.4 Å². The molecule has 0 unspecified atom stereocenters. The number of hydrogen-bond acceptors (Lipinski definition) is 6. The first-order valence-corrected chi connectivity index (χ1v) is 16.1. The number of allylic oxidation sites excluding steroid dienone is 2. The van der Waals surface area contributed by atoms with E-state index in [0.29, 0.717) is 45.9 Å². The summed E-state index contributed by atoms with van der Waals surface area (Å²) in [6, 6.07) is 0. The molecule has 2 aliphatic rings. The quantitative estimate of drug-likeness (QED) is 0.173. The molecule has 0 aromatic carbocycles. The molecule has 1 atom stereocenters. The summed E-state index contributed by atoms with van der Waals surface area (Å²) in [5.41, 5.74) is 9.93. The number of aromatic amines is 2. The summed E-state index contributed by atoms with van der Waals surface area (Å²) < 4.78 is 0. The number of aromatic nitrogens is 2. The first kappa shape index (κ1) is 35.0. The second kappa shape index (κ2) is 14.3. The number of H-pyrrole nitrogens is 2. The Balaban J connectivity index is 1.79. The van der Waals surface area contributed by atoms with Gasteiger partial charge in [0.1, 0.15) is 0 Å². The lowest BCUT2D eigenvalue weighted by Crippen LogP contribution is -2.20. The van der Waals surface area contributed by atoms with Gasteiger partial charge in [0.05, 0.1) is 5.70 Å². The Morgan fingerprint density at radius 3 is 1.77 bits per heavy atom. The van der Waals surface area contributed by atoms with Crippen LogP contribution in [0.1, 0.15) is 85.6 Å². The Hall–Kier alpha value is -4.84.